The Hall–Kier alpha value is -3.82. The molecule has 1 heterocycles. The fraction of sp³-hybridized carbons (Fsp3) is 0.324. The third kappa shape index (κ3) is 9.61. The Morgan fingerprint density at radius 3 is 1.45 bits per heavy atom. The molecular formula is C37H42NO8P. The third-order valence-electron chi connectivity index (χ3n) is 8.15. The molecule has 10 heteroatoms. The second-order valence-electron chi connectivity index (χ2n) is 11.3. The molecule has 1 aliphatic heterocycles. The number of rotatable bonds is 16. The number of nitrogens with zero attached hydrogens (tertiary/aromatic N) is 1. The first-order valence-electron chi connectivity index (χ1n) is 15.6. The first-order chi connectivity index (χ1) is 23.0. The highest BCUT2D eigenvalue weighted by molar-refractivity contribution is 7.53. The summed E-state index contributed by atoms with van der Waals surface area (Å²) in [5.74, 6) is 0. The Balaban J connectivity index is 1.50. The number of carbonyl (C=O) groups is 1. The molecule has 4 atom stereocenters. The molecule has 0 aromatic heterocycles. The zero-order valence-electron chi connectivity index (χ0n) is 26.8. The first-order valence-corrected chi connectivity index (χ1v) is 17.3. The van der Waals surface area contributed by atoms with Crippen molar-refractivity contribution in [2.75, 3.05) is 27.0 Å². The quantitative estimate of drug-likeness (QED) is 0.116. The van der Waals surface area contributed by atoms with Crippen LogP contribution in [0, 0.1) is 0 Å². The predicted octanol–water partition coefficient (Wildman–Crippen LogP) is 7.25. The number of hydrogen-bond donors (Lipinski definition) is 0. The minimum absolute atomic E-state index is 0.0534. The standard InChI is InChI=1S/C37H42NO8P/c1-41-47(40,42-2)28-34-36(45-25-31-19-11-5-12-20-31)35(44-24-30-17-9-4-10-18-30)33(27-43-23-29-15-7-3-8-16-29)38(34)37(39)46-26-32-21-13-6-14-22-32/h3-22,33-36H,23-28H2,1-2H3/t33-,34+,35-,36-/m1/s1. The number of amides is 1. The molecule has 1 amide bonds. The summed E-state index contributed by atoms with van der Waals surface area (Å²) >= 11 is 0. The summed E-state index contributed by atoms with van der Waals surface area (Å²) in [6.07, 6.45) is -2.15. The van der Waals surface area contributed by atoms with Crippen LogP contribution >= 0.6 is 7.60 Å². The highest BCUT2D eigenvalue weighted by Crippen LogP contribution is 2.50. The first kappa shape index (κ1) is 34.5. The molecule has 1 aliphatic rings. The normalized spacial score (nSPS) is 19.5. The molecule has 9 nitrogen and oxygen atoms in total. The maximum atomic E-state index is 14.1. The van der Waals surface area contributed by atoms with Gasteiger partial charge in [0.15, 0.2) is 0 Å². The average molecular weight is 660 g/mol. The molecular weight excluding hydrogens is 617 g/mol. The van der Waals surface area contributed by atoms with E-state index in [9.17, 15) is 9.36 Å². The van der Waals surface area contributed by atoms with Gasteiger partial charge in [0.25, 0.3) is 0 Å². The van der Waals surface area contributed by atoms with E-state index in [1.54, 1.807) is 4.90 Å². The second kappa shape index (κ2) is 17.4. The van der Waals surface area contributed by atoms with E-state index in [1.807, 2.05) is 121 Å². The molecule has 0 N–H and O–H groups in total. The number of carbonyl (C=O) groups excluding carboxylic acids is 1. The van der Waals surface area contributed by atoms with Crippen molar-refractivity contribution in [2.24, 2.45) is 0 Å². The van der Waals surface area contributed by atoms with Gasteiger partial charge in [-0.3, -0.25) is 9.46 Å². The van der Waals surface area contributed by atoms with Crippen LogP contribution in [0.3, 0.4) is 0 Å². The molecule has 0 unspecified atom stereocenters. The Labute approximate surface area is 276 Å². The van der Waals surface area contributed by atoms with Gasteiger partial charge >= 0.3 is 13.7 Å². The van der Waals surface area contributed by atoms with Crippen LogP contribution < -0.4 is 0 Å². The van der Waals surface area contributed by atoms with E-state index >= 15 is 0 Å². The van der Waals surface area contributed by atoms with Crippen LogP contribution in [-0.4, -0.2) is 62.3 Å². The van der Waals surface area contributed by atoms with Gasteiger partial charge in [0.2, 0.25) is 0 Å². The highest BCUT2D eigenvalue weighted by Gasteiger charge is 2.55. The van der Waals surface area contributed by atoms with Gasteiger partial charge < -0.3 is 28.0 Å². The predicted molar refractivity (Wildman–Crippen MR) is 179 cm³/mol. The molecule has 248 valence electrons. The van der Waals surface area contributed by atoms with Crippen LogP contribution in [0.2, 0.25) is 0 Å². The zero-order chi connectivity index (χ0) is 32.9. The Bertz CT molecular complexity index is 1540. The van der Waals surface area contributed by atoms with Crippen LogP contribution in [-0.2, 0) is 59.0 Å². The summed E-state index contributed by atoms with van der Waals surface area (Å²) < 4.78 is 49.9. The third-order valence-corrected chi connectivity index (χ3v) is 10.1. The molecule has 0 radical (unpaired) electrons. The summed E-state index contributed by atoms with van der Waals surface area (Å²) in [4.78, 5) is 15.7. The van der Waals surface area contributed by atoms with E-state index in [0.717, 1.165) is 22.3 Å². The molecule has 4 aromatic rings. The van der Waals surface area contributed by atoms with Crippen LogP contribution in [0.25, 0.3) is 0 Å². The maximum Gasteiger partial charge on any atom is 0.410 e. The molecule has 0 bridgehead atoms. The van der Waals surface area contributed by atoms with E-state index in [-0.39, 0.29) is 32.6 Å². The Morgan fingerprint density at radius 2 is 1.00 bits per heavy atom. The summed E-state index contributed by atoms with van der Waals surface area (Å²) in [6.45, 7) is 0.989. The Kier molecular flexibility index (Phi) is 12.8. The van der Waals surface area contributed by atoms with Crippen molar-refractivity contribution >= 4 is 13.7 Å². The lowest BCUT2D eigenvalue weighted by molar-refractivity contribution is -0.0854. The molecule has 0 spiro atoms. The van der Waals surface area contributed by atoms with E-state index in [0.29, 0.717) is 6.61 Å². The van der Waals surface area contributed by atoms with Gasteiger partial charge in [0, 0.05) is 14.2 Å². The van der Waals surface area contributed by atoms with Crippen molar-refractivity contribution < 1.29 is 37.4 Å². The molecule has 5 rings (SSSR count). The lowest BCUT2D eigenvalue weighted by Gasteiger charge is -2.31. The number of hydrogen-bond acceptors (Lipinski definition) is 8. The summed E-state index contributed by atoms with van der Waals surface area (Å²) in [5.41, 5.74) is 3.72. The summed E-state index contributed by atoms with van der Waals surface area (Å²) in [7, 11) is -0.978. The molecule has 0 aliphatic carbocycles. The van der Waals surface area contributed by atoms with E-state index in [2.05, 4.69) is 0 Å². The second-order valence-corrected chi connectivity index (χ2v) is 13.6. The minimum Gasteiger partial charge on any atom is -0.445 e. The maximum absolute atomic E-state index is 14.1. The van der Waals surface area contributed by atoms with E-state index in [1.165, 1.54) is 14.2 Å². The van der Waals surface area contributed by atoms with Crippen LogP contribution in [0.5, 0.6) is 0 Å². The molecule has 47 heavy (non-hydrogen) atoms. The monoisotopic (exact) mass is 659 g/mol. The zero-order valence-corrected chi connectivity index (χ0v) is 27.7. The number of likely N-dealkylation sites (tertiary alicyclic amines) is 1. The largest absolute Gasteiger partial charge is 0.445 e. The van der Waals surface area contributed by atoms with Gasteiger partial charge in [-0.1, -0.05) is 121 Å². The lowest BCUT2D eigenvalue weighted by atomic mass is 10.1. The highest BCUT2D eigenvalue weighted by atomic mass is 31.2. The molecule has 0 saturated carbocycles. The molecule has 4 aromatic carbocycles. The SMILES string of the molecule is COP(=O)(C[C@H]1[C@@H](OCc2ccccc2)[C@H](OCc2ccccc2)[C@@H](COCc2ccccc2)N1C(=O)OCc1ccccc1)OC. The van der Waals surface area contributed by atoms with Crippen LogP contribution in [0.4, 0.5) is 4.79 Å². The number of ether oxygens (including phenoxy) is 4. The summed E-state index contributed by atoms with van der Waals surface area (Å²) in [5, 5.41) is 0. The van der Waals surface area contributed by atoms with Gasteiger partial charge in [0.1, 0.15) is 18.8 Å². The van der Waals surface area contributed by atoms with Gasteiger partial charge in [-0.05, 0) is 22.3 Å². The molecule has 1 fully saturated rings. The van der Waals surface area contributed by atoms with Crippen molar-refractivity contribution in [2.45, 2.75) is 50.7 Å². The topological polar surface area (TPSA) is 92.8 Å². The molecule has 1 saturated heterocycles. The van der Waals surface area contributed by atoms with Crippen molar-refractivity contribution in [1.29, 1.82) is 0 Å². The van der Waals surface area contributed by atoms with Crippen molar-refractivity contribution in [3.63, 3.8) is 0 Å². The van der Waals surface area contributed by atoms with E-state index < -0.39 is 38.0 Å². The fourth-order valence-electron chi connectivity index (χ4n) is 5.70. The van der Waals surface area contributed by atoms with Gasteiger partial charge in [0.05, 0.1) is 44.7 Å². The van der Waals surface area contributed by atoms with Crippen molar-refractivity contribution in [1.82, 2.24) is 4.90 Å². The van der Waals surface area contributed by atoms with Gasteiger partial charge in [-0.25, -0.2) is 4.79 Å². The van der Waals surface area contributed by atoms with Gasteiger partial charge in [-0.15, -0.1) is 0 Å². The summed E-state index contributed by atoms with van der Waals surface area (Å²) in [6, 6.07) is 37.3. The van der Waals surface area contributed by atoms with Crippen molar-refractivity contribution in [3.05, 3.63) is 144 Å². The smallest absolute Gasteiger partial charge is 0.410 e. The number of benzene rings is 4. The van der Waals surface area contributed by atoms with Gasteiger partial charge in [-0.2, -0.15) is 0 Å². The van der Waals surface area contributed by atoms with Crippen LogP contribution in [0.1, 0.15) is 22.3 Å². The van der Waals surface area contributed by atoms with Crippen molar-refractivity contribution in [3.8, 4) is 0 Å². The lowest BCUT2D eigenvalue weighted by Crippen LogP contribution is -2.47. The average Bonchev–Trinajstić information content (AvgIpc) is 3.41. The van der Waals surface area contributed by atoms with Crippen LogP contribution in [0.15, 0.2) is 121 Å². The fourth-order valence-corrected chi connectivity index (χ4v) is 6.99. The minimum atomic E-state index is -3.65. The Morgan fingerprint density at radius 1 is 0.596 bits per heavy atom. The van der Waals surface area contributed by atoms with E-state index in [4.69, 9.17) is 28.0 Å².